The topological polar surface area (TPSA) is 58.6 Å². The second-order valence-electron chi connectivity index (χ2n) is 7.24. The lowest BCUT2D eigenvalue weighted by molar-refractivity contribution is 0.172. The number of guanidine groups is 1. The molecule has 0 bridgehead atoms. The number of unbranched alkanes of at least 4 members (excludes halogenated alkanes) is 2. The number of hydrogen-bond donors (Lipinski definition) is 1. The van der Waals surface area contributed by atoms with Crippen LogP contribution >= 0.6 is 0 Å². The van der Waals surface area contributed by atoms with Crippen LogP contribution in [0.5, 0.6) is 17.2 Å². The van der Waals surface area contributed by atoms with Crippen LogP contribution in [0.15, 0.2) is 17.1 Å². The van der Waals surface area contributed by atoms with Crippen LogP contribution in [0.3, 0.4) is 0 Å². The highest BCUT2D eigenvalue weighted by atomic mass is 16.5. The van der Waals surface area contributed by atoms with Crippen molar-refractivity contribution in [2.24, 2.45) is 4.99 Å². The Kier molecular flexibility index (Phi) is 9.91. The second-order valence-corrected chi connectivity index (χ2v) is 7.24. The monoisotopic (exact) mass is 406 g/mol. The Morgan fingerprint density at radius 1 is 0.966 bits per heavy atom. The van der Waals surface area contributed by atoms with Gasteiger partial charge >= 0.3 is 0 Å². The van der Waals surface area contributed by atoms with E-state index in [1.54, 1.807) is 21.3 Å². The van der Waals surface area contributed by atoms with Crippen LogP contribution in [0.2, 0.25) is 0 Å². The molecule has 7 nitrogen and oxygen atoms in total. The largest absolute Gasteiger partial charge is 0.493 e. The van der Waals surface area contributed by atoms with Crippen LogP contribution in [-0.2, 0) is 6.54 Å². The number of aliphatic imine (C=N–C) groups is 1. The Labute approximate surface area is 176 Å². The predicted octanol–water partition coefficient (Wildman–Crippen LogP) is 2.99. The van der Waals surface area contributed by atoms with E-state index >= 15 is 0 Å². The summed E-state index contributed by atoms with van der Waals surface area (Å²) in [6.45, 7) is 11.0. The molecular weight excluding hydrogens is 368 g/mol. The third-order valence-corrected chi connectivity index (χ3v) is 5.16. The number of methoxy groups -OCH3 is 3. The maximum atomic E-state index is 5.48. The van der Waals surface area contributed by atoms with Gasteiger partial charge in [0.25, 0.3) is 0 Å². The molecule has 0 amide bonds. The zero-order valence-corrected chi connectivity index (χ0v) is 18.8. The minimum absolute atomic E-state index is 0.637. The van der Waals surface area contributed by atoms with E-state index in [1.807, 2.05) is 12.1 Å². The first-order valence-electron chi connectivity index (χ1n) is 10.7. The highest BCUT2D eigenvalue weighted by molar-refractivity contribution is 5.80. The highest BCUT2D eigenvalue weighted by Crippen LogP contribution is 2.38. The molecule has 0 unspecified atom stereocenters. The SMILES string of the molecule is CCCCCN=C(NCC)N1CCN(Cc2cc(OC)c(OC)c(OC)c2)CC1. The van der Waals surface area contributed by atoms with Crippen LogP contribution in [0.25, 0.3) is 0 Å². The minimum atomic E-state index is 0.637. The Hall–Kier alpha value is -2.15. The average molecular weight is 407 g/mol. The minimum Gasteiger partial charge on any atom is -0.493 e. The molecule has 1 aromatic rings. The molecule has 0 spiro atoms. The summed E-state index contributed by atoms with van der Waals surface area (Å²) in [4.78, 5) is 9.65. The molecule has 1 saturated heterocycles. The van der Waals surface area contributed by atoms with Crippen molar-refractivity contribution in [1.82, 2.24) is 15.1 Å². The van der Waals surface area contributed by atoms with E-state index in [0.717, 1.165) is 63.8 Å². The summed E-state index contributed by atoms with van der Waals surface area (Å²) in [6, 6.07) is 4.07. The van der Waals surface area contributed by atoms with Crippen molar-refractivity contribution >= 4 is 5.96 Å². The lowest BCUT2D eigenvalue weighted by atomic mass is 10.1. The number of hydrogen-bond acceptors (Lipinski definition) is 5. The van der Waals surface area contributed by atoms with Gasteiger partial charge in [-0.2, -0.15) is 0 Å². The molecule has 0 radical (unpaired) electrons. The standard InChI is InChI=1S/C22H38N4O3/c1-6-8-9-10-24-22(23-7-2)26-13-11-25(12-14-26)17-18-15-19(27-3)21(29-5)20(16-18)28-4/h15-16H,6-14,17H2,1-5H3,(H,23,24). The number of nitrogens with one attached hydrogen (secondary N) is 1. The van der Waals surface area contributed by atoms with Gasteiger partial charge < -0.3 is 24.4 Å². The highest BCUT2D eigenvalue weighted by Gasteiger charge is 2.21. The summed E-state index contributed by atoms with van der Waals surface area (Å²) >= 11 is 0. The van der Waals surface area contributed by atoms with Gasteiger partial charge in [-0.3, -0.25) is 9.89 Å². The number of ether oxygens (including phenoxy) is 3. The molecule has 0 aromatic heterocycles. The van der Waals surface area contributed by atoms with Crippen molar-refractivity contribution in [2.45, 2.75) is 39.7 Å². The van der Waals surface area contributed by atoms with Crippen molar-refractivity contribution < 1.29 is 14.2 Å². The molecule has 7 heteroatoms. The summed E-state index contributed by atoms with van der Waals surface area (Å²) in [5, 5.41) is 3.45. The zero-order valence-electron chi connectivity index (χ0n) is 18.8. The molecule has 0 saturated carbocycles. The maximum Gasteiger partial charge on any atom is 0.203 e. The Morgan fingerprint density at radius 2 is 1.62 bits per heavy atom. The van der Waals surface area contributed by atoms with E-state index in [0.29, 0.717) is 17.2 Å². The third kappa shape index (κ3) is 6.70. The van der Waals surface area contributed by atoms with Gasteiger partial charge in [0.2, 0.25) is 5.75 Å². The van der Waals surface area contributed by atoms with Crippen LogP contribution in [-0.4, -0.2) is 76.4 Å². The summed E-state index contributed by atoms with van der Waals surface area (Å²) in [7, 11) is 4.94. The molecule has 164 valence electrons. The molecular formula is C22H38N4O3. The fourth-order valence-corrected chi connectivity index (χ4v) is 3.58. The van der Waals surface area contributed by atoms with E-state index in [9.17, 15) is 0 Å². The molecule has 0 aliphatic carbocycles. The third-order valence-electron chi connectivity index (χ3n) is 5.16. The van der Waals surface area contributed by atoms with Crippen LogP contribution in [0.4, 0.5) is 0 Å². The molecule has 1 heterocycles. The normalized spacial score (nSPS) is 15.3. The van der Waals surface area contributed by atoms with Crippen molar-refractivity contribution in [1.29, 1.82) is 0 Å². The van der Waals surface area contributed by atoms with Gasteiger partial charge in [-0.1, -0.05) is 19.8 Å². The van der Waals surface area contributed by atoms with Crippen LogP contribution in [0.1, 0.15) is 38.7 Å². The van der Waals surface area contributed by atoms with Crippen molar-refractivity contribution in [3.63, 3.8) is 0 Å². The zero-order chi connectivity index (χ0) is 21.1. The Morgan fingerprint density at radius 3 is 2.14 bits per heavy atom. The number of nitrogens with zero attached hydrogens (tertiary/aromatic N) is 3. The summed E-state index contributed by atoms with van der Waals surface area (Å²) in [6.07, 6.45) is 3.63. The van der Waals surface area contributed by atoms with Gasteiger partial charge in [-0.25, -0.2) is 0 Å². The van der Waals surface area contributed by atoms with Gasteiger partial charge in [-0.15, -0.1) is 0 Å². The molecule has 2 rings (SSSR count). The van der Waals surface area contributed by atoms with Crippen molar-refractivity contribution in [3.05, 3.63) is 17.7 Å². The predicted molar refractivity (Wildman–Crippen MR) is 118 cm³/mol. The molecule has 1 aromatic carbocycles. The molecule has 29 heavy (non-hydrogen) atoms. The van der Waals surface area contributed by atoms with E-state index < -0.39 is 0 Å². The molecule has 1 fully saturated rings. The van der Waals surface area contributed by atoms with Gasteiger partial charge in [-0.05, 0) is 31.0 Å². The number of benzene rings is 1. The van der Waals surface area contributed by atoms with Gasteiger partial charge in [0.15, 0.2) is 17.5 Å². The van der Waals surface area contributed by atoms with Gasteiger partial charge in [0.1, 0.15) is 0 Å². The van der Waals surface area contributed by atoms with Crippen molar-refractivity contribution in [3.8, 4) is 17.2 Å². The molecule has 1 aliphatic rings. The smallest absolute Gasteiger partial charge is 0.203 e. The Bertz CT molecular complexity index is 618. The lowest BCUT2D eigenvalue weighted by Crippen LogP contribution is -2.52. The first-order chi connectivity index (χ1) is 14.2. The average Bonchev–Trinajstić information content (AvgIpc) is 2.75. The molecule has 1 N–H and O–H groups in total. The molecule has 1 aliphatic heterocycles. The first kappa shape index (κ1) is 23.1. The van der Waals surface area contributed by atoms with Crippen molar-refractivity contribution in [2.75, 3.05) is 60.6 Å². The van der Waals surface area contributed by atoms with Gasteiger partial charge in [0.05, 0.1) is 21.3 Å². The van der Waals surface area contributed by atoms with Crippen LogP contribution < -0.4 is 19.5 Å². The molecule has 0 atom stereocenters. The Balaban J connectivity index is 1.96. The fraction of sp³-hybridized carbons (Fsp3) is 0.682. The van der Waals surface area contributed by atoms with E-state index in [1.165, 1.54) is 12.8 Å². The van der Waals surface area contributed by atoms with Gasteiger partial charge in [0, 0.05) is 45.8 Å². The second kappa shape index (κ2) is 12.4. The maximum absolute atomic E-state index is 5.48. The summed E-state index contributed by atoms with van der Waals surface area (Å²) in [5.74, 6) is 3.09. The fourth-order valence-electron chi connectivity index (χ4n) is 3.58. The van der Waals surface area contributed by atoms with E-state index in [-0.39, 0.29) is 0 Å². The summed E-state index contributed by atoms with van der Waals surface area (Å²) < 4.78 is 16.4. The van der Waals surface area contributed by atoms with E-state index in [2.05, 4.69) is 29.0 Å². The number of piperazine rings is 1. The van der Waals surface area contributed by atoms with Crippen LogP contribution in [0, 0.1) is 0 Å². The van der Waals surface area contributed by atoms with E-state index in [4.69, 9.17) is 19.2 Å². The number of rotatable bonds is 10. The first-order valence-corrected chi connectivity index (χ1v) is 10.7. The lowest BCUT2D eigenvalue weighted by Gasteiger charge is -2.36. The quantitative estimate of drug-likeness (QED) is 0.366. The summed E-state index contributed by atoms with van der Waals surface area (Å²) in [5.41, 5.74) is 1.16.